The van der Waals surface area contributed by atoms with Gasteiger partial charge in [-0.2, -0.15) is 0 Å². The first-order chi connectivity index (χ1) is 11.9. The fourth-order valence-corrected chi connectivity index (χ4v) is 5.43. The molecule has 132 valence electrons. The van der Waals surface area contributed by atoms with Crippen molar-refractivity contribution in [1.29, 1.82) is 0 Å². The SMILES string of the molecule is O=C(Nc1ccc2occc(=O)c2c1)N1CCN[C@H]2CS(=O)(=O)C[C@H]21. The lowest BCUT2D eigenvalue weighted by atomic mass is 10.1. The molecule has 1 aromatic carbocycles. The molecule has 0 aliphatic carbocycles. The van der Waals surface area contributed by atoms with Crippen molar-refractivity contribution in [2.45, 2.75) is 12.1 Å². The van der Waals surface area contributed by atoms with Crippen molar-refractivity contribution in [3.8, 4) is 0 Å². The first-order valence-corrected chi connectivity index (χ1v) is 9.78. The highest BCUT2D eigenvalue weighted by Gasteiger charge is 2.44. The Bertz CT molecular complexity index is 1000. The lowest BCUT2D eigenvalue weighted by molar-refractivity contribution is 0.163. The van der Waals surface area contributed by atoms with E-state index in [9.17, 15) is 18.0 Å². The molecule has 8 nitrogen and oxygen atoms in total. The van der Waals surface area contributed by atoms with E-state index in [-0.39, 0.29) is 35.0 Å². The van der Waals surface area contributed by atoms with Gasteiger partial charge in [-0.25, -0.2) is 13.2 Å². The van der Waals surface area contributed by atoms with E-state index in [0.29, 0.717) is 29.7 Å². The number of rotatable bonds is 1. The van der Waals surface area contributed by atoms with Crippen LogP contribution in [0.1, 0.15) is 0 Å². The smallest absolute Gasteiger partial charge is 0.322 e. The van der Waals surface area contributed by atoms with Crippen LogP contribution in [0.2, 0.25) is 0 Å². The molecule has 2 saturated heterocycles. The number of fused-ring (bicyclic) bond motifs is 2. The van der Waals surface area contributed by atoms with Gasteiger partial charge in [0.2, 0.25) is 0 Å². The molecule has 3 heterocycles. The number of anilines is 1. The number of nitrogens with one attached hydrogen (secondary N) is 2. The van der Waals surface area contributed by atoms with Crippen LogP contribution in [0.4, 0.5) is 10.5 Å². The van der Waals surface area contributed by atoms with Crippen molar-refractivity contribution in [2.24, 2.45) is 0 Å². The fraction of sp³-hybridized carbons (Fsp3) is 0.375. The summed E-state index contributed by atoms with van der Waals surface area (Å²) in [5.74, 6) is 0.0257. The first kappa shape index (κ1) is 16.1. The number of hydrogen-bond acceptors (Lipinski definition) is 6. The van der Waals surface area contributed by atoms with E-state index >= 15 is 0 Å². The average molecular weight is 363 g/mol. The Balaban J connectivity index is 1.57. The van der Waals surface area contributed by atoms with Crippen LogP contribution in [0.25, 0.3) is 11.0 Å². The maximum Gasteiger partial charge on any atom is 0.322 e. The molecule has 2 amide bonds. The second-order valence-corrected chi connectivity index (χ2v) is 8.48. The number of benzene rings is 1. The molecule has 2 aliphatic heterocycles. The maximum atomic E-state index is 12.6. The molecule has 0 unspecified atom stereocenters. The molecule has 2 aromatic rings. The molecule has 4 rings (SSSR count). The number of sulfone groups is 1. The summed E-state index contributed by atoms with van der Waals surface area (Å²) < 4.78 is 29.0. The Morgan fingerprint density at radius 2 is 2.12 bits per heavy atom. The highest BCUT2D eigenvalue weighted by atomic mass is 32.2. The molecule has 2 atom stereocenters. The van der Waals surface area contributed by atoms with Crippen molar-refractivity contribution in [1.82, 2.24) is 10.2 Å². The molecular weight excluding hydrogens is 346 g/mol. The Morgan fingerprint density at radius 3 is 2.96 bits per heavy atom. The Hall–Kier alpha value is -2.39. The van der Waals surface area contributed by atoms with Gasteiger partial charge in [-0.05, 0) is 18.2 Å². The minimum absolute atomic E-state index is 0.0284. The lowest BCUT2D eigenvalue weighted by Gasteiger charge is -2.37. The summed E-state index contributed by atoms with van der Waals surface area (Å²) >= 11 is 0. The largest absolute Gasteiger partial charge is 0.464 e. The Kier molecular flexibility index (Phi) is 3.77. The molecule has 2 aliphatic rings. The second-order valence-electron chi connectivity index (χ2n) is 6.32. The topological polar surface area (TPSA) is 109 Å². The fourth-order valence-electron chi connectivity index (χ4n) is 3.48. The Morgan fingerprint density at radius 1 is 1.28 bits per heavy atom. The van der Waals surface area contributed by atoms with Gasteiger partial charge in [-0.3, -0.25) is 4.79 Å². The third-order valence-corrected chi connectivity index (χ3v) is 6.37. The van der Waals surface area contributed by atoms with Gasteiger partial charge in [-0.1, -0.05) is 0 Å². The van der Waals surface area contributed by atoms with Crippen LogP contribution >= 0.6 is 0 Å². The summed E-state index contributed by atoms with van der Waals surface area (Å²) in [7, 11) is -3.14. The van der Waals surface area contributed by atoms with Crippen LogP contribution < -0.4 is 16.1 Å². The molecule has 1 aromatic heterocycles. The quantitative estimate of drug-likeness (QED) is 0.759. The van der Waals surface area contributed by atoms with E-state index in [2.05, 4.69) is 10.6 Å². The molecule has 2 fully saturated rings. The highest BCUT2D eigenvalue weighted by Crippen LogP contribution is 2.23. The minimum Gasteiger partial charge on any atom is -0.464 e. The molecule has 9 heteroatoms. The zero-order chi connectivity index (χ0) is 17.6. The minimum atomic E-state index is -3.14. The predicted octanol–water partition coefficient (Wildman–Crippen LogP) is 0.396. The van der Waals surface area contributed by atoms with Crippen molar-refractivity contribution in [2.75, 3.05) is 29.9 Å². The highest BCUT2D eigenvalue weighted by molar-refractivity contribution is 7.91. The molecular formula is C16H17N3O5S. The zero-order valence-electron chi connectivity index (χ0n) is 13.3. The number of hydrogen-bond donors (Lipinski definition) is 2. The van der Waals surface area contributed by atoms with Crippen molar-refractivity contribution >= 4 is 32.5 Å². The summed E-state index contributed by atoms with van der Waals surface area (Å²) in [5, 5.41) is 6.29. The second kappa shape index (κ2) is 5.85. The van der Waals surface area contributed by atoms with Gasteiger partial charge in [0.25, 0.3) is 0 Å². The van der Waals surface area contributed by atoms with E-state index < -0.39 is 9.84 Å². The standard InChI is InChI=1S/C16H17N3O5S/c20-14-3-6-24-15-2-1-10(7-11(14)15)18-16(21)19-5-4-17-12-8-25(22,23)9-13(12)19/h1-3,6-7,12-13,17H,4-5,8-9H2,(H,18,21)/t12-,13+/m0/s1. The van der Waals surface area contributed by atoms with Gasteiger partial charge in [0.05, 0.1) is 29.2 Å². The predicted molar refractivity (Wildman–Crippen MR) is 92.4 cm³/mol. The van der Waals surface area contributed by atoms with Crippen LogP contribution in [0.15, 0.2) is 39.7 Å². The summed E-state index contributed by atoms with van der Waals surface area (Å²) in [4.78, 5) is 26.1. The van der Waals surface area contributed by atoms with Crippen LogP contribution in [0.3, 0.4) is 0 Å². The van der Waals surface area contributed by atoms with Crippen molar-refractivity contribution in [3.63, 3.8) is 0 Å². The molecule has 0 spiro atoms. The first-order valence-electron chi connectivity index (χ1n) is 7.96. The van der Waals surface area contributed by atoms with E-state index in [4.69, 9.17) is 4.42 Å². The van der Waals surface area contributed by atoms with Gasteiger partial charge in [0, 0.05) is 30.9 Å². The van der Waals surface area contributed by atoms with E-state index in [1.807, 2.05) is 0 Å². The average Bonchev–Trinajstić information content (AvgIpc) is 2.89. The monoisotopic (exact) mass is 363 g/mol. The van der Waals surface area contributed by atoms with Crippen molar-refractivity contribution in [3.05, 3.63) is 40.8 Å². The van der Waals surface area contributed by atoms with Gasteiger partial charge < -0.3 is 20.0 Å². The van der Waals surface area contributed by atoms with Gasteiger partial charge >= 0.3 is 6.03 Å². The summed E-state index contributed by atoms with van der Waals surface area (Å²) in [6.07, 6.45) is 1.32. The summed E-state index contributed by atoms with van der Waals surface area (Å²) in [6, 6.07) is 5.18. The Labute approximate surface area is 143 Å². The van der Waals surface area contributed by atoms with Crippen molar-refractivity contribution < 1.29 is 17.6 Å². The third kappa shape index (κ3) is 3.00. The number of carbonyl (C=O) groups excluding carboxylic acids is 1. The molecule has 0 radical (unpaired) electrons. The normalized spacial score (nSPS) is 24.9. The molecule has 2 N–H and O–H groups in total. The number of carbonyl (C=O) groups is 1. The van der Waals surface area contributed by atoms with E-state index in [0.717, 1.165) is 0 Å². The zero-order valence-corrected chi connectivity index (χ0v) is 14.1. The molecule has 0 saturated carbocycles. The third-order valence-electron chi connectivity index (χ3n) is 4.65. The van der Waals surface area contributed by atoms with Crippen LogP contribution in [-0.2, 0) is 9.84 Å². The van der Waals surface area contributed by atoms with Crippen LogP contribution in [0, 0.1) is 0 Å². The van der Waals surface area contributed by atoms with Crippen LogP contribution in [0.5, 0.6) is 0 Å². The number of nitrogens with zero attached hydrogens (tertiary/aromatic N) is 1. The summed E-state index contributed by atoms with van der Waals surface area (Å²) in [5.41, 5.74) is 0.711. The molecule has 0 bridgehead atoms. The van der Waals surface area contributed by atoms with Crippen LogP contribution in [-0.4, -0.2) is 56.0 Å². The van der Waals surface area contributed by atoms with E-state index in [1.165, 1.54) is 12.3 Å². The molecule has 25 heavy (non-hydrogen) atoms. The number of piperazine rings is 1. The number of urea groups is 1. The number of amides is 2. The van der Waals surface area contributed by atoms with Gasteiger partial charge in [0.15, 0.2) is 15.3 Å². The lowest BCUT2D eigenvalue weighted by Crippen LogP contribution is -2.59. The van der Waals surface area contributed by atoms with E-state index in [1.54, 1.807) is 23.1 Å². The maximum absolute atomic E-state index is 12.6. The van der Waals surface area contributed by atoms with Gasteiger partial charge in [0.1, 0.15) is 5.58 Å². The van der Waals surface area contributed by atoms with Gasteiger partial charge in [-0.15, -0.1) is 0 Å². The summed E-state index contributed by atoms with van der Waals surface area (Å²) in [6.45, 7) is 0.976.